The Kier molecular flexibility index (Phi) is 5.13. The predicted octanol–water partition coefficient (Wildman–Crippen LogP) is 0.906. The van der Waals surface area contributed by atoms with Gasteiger partial charge in [-0.1, -0.05) is 6.07 Å². The summed E-state index contributed by atoms with van der Waals surface area (Å²) in [5.41, 5.74) is 3.23. The van der Waals surface area contributed by atoms with Gasteiger partial charge in [0.05, 0.1) is 5.69 Å². The molecule has 2 aromatic rings. The van der Waals surface area contributed by atoms with Crippen molar-refractivity contribution in [2.24, 2.45) is 0 Å². The van der Waals surface area contributed by atoms with Gasteiger partial charge >= 0.3 is 0 Å². The maximum atomic E-state index is 12.2. The van der Waals surface area contributed by atoms with Gasteiger partial charge in [0, 0.05) is 59.3 Å². The van der Waals surface area contributed by atoms with Crippen LogP contribution in [0.2, 0.25) is 0 Å². The fourth-order valence-corrected chi connectivity index (χ4v) is 3.03. The molecule has 2 aromatic heterocycles. The van der Waals surface area contributed by atoms with Crippen molar-refractivity contribution in [1.82, 2.24) is 19.2 Å². The van der Waals surface area contributed by atoms with E-state index in [2.05, 4.69) is 39.7 Å². The smallest absolute Gasteiger partial charge is 0.279 e. The molecule has 1 aliphatic rings. The maximum absolute atomic E-state index is 12.2. The second-order valence-electron chi connectivity index (χ2n) is 6.11. The number of fused-ring (bicyclic) bond motifs is 1. The second-order valence-corrected chi connectivity index (χ2v) is 6.11. The normalized spacial score (nSPS) is 16.2. The first kappa shape index (κ1) is 16.9. The van der Waals surface area contributed by atoms with E-state index in [1.165, 1.54) is 19.8 Å². The van der Waals surface area contributed by atoms with Crippen molar-refractivity contribution < 1.29 is 14.3 Å². The van der Waals surface area contributed by atoms with Crippen LogP contribution < -0.4 is 0 Å². The number of carbonyl (C=O) groups excluding carboxylic acids is 1. The lowest BCUT2D eigenvalue weighted by Gasteiger charge is -2.35. The zero-order valence-corrected chi connectivity index (χ0v) is 14.4. The number of carbonyl (C=O) groups is 1. The van der Waals surface area contributed by atoms with Crippen LogP contribution in [-0.4, -0.2) is 71.8 Å². The molecule has 3 rings (SSSR count). The highest BCUT2D eigenvalue weighted by atomic mass is 16.7. The topological polar surface area (TPSA) is 59.3 Å². The Labute approximate surface area is 141 Å². The number of hydrogen-bond donors (Lipinski definition) is 0. The Morgan fingerprint density at radius 3 is 2.54 bits per heavy atom. The van der Waals surface area contributed by atoms with Gasteiger partial charge in [0.15, 0.2) is 0 Å². The minimum Gasteiger partial charge on any atom is -0.348 e. The van der Waals surface area contributed by atoms with Gasteiger partial charge in [0.1, 0.15) is 5.65 Å². The van der Waals surface area contributed by atoms with Gasteiger partial charge in [0.25, 0.3) is 5.91 Å². The number of aryl methyl sites for hydroxylation is 1. The fraction of sp³-hybridized carbons (Fsp3) is 0.529. The van der Waals surface area contributed by atoms with E-state index in [0.717, 1.165) is 31.0 Å². The summed E-state index contributed by atoms with van der Waals surface area (Å²) in [4.78, 5) is 21.0. The van der Waals surface area contributed by atoms with Gasteiger partial charge in [-0.05, 0) is 18.6 Å². The van der Waals surface area contributed by atoms with Crippen molar-refractivity contribution in [1.29, 1.82) is 0 Å². The van der Waals surface area contributed by atoms with E-state index in [1.807, 2.05) is 6.07 Å². The molecule has 0 bridgehead atoms. The predicted molar refractivity (Wildman–Crippen MR) is 89.6 cm³/mol. The van der Waals surface area contributed by atoms with Gasteiger partial charge in [-0.3, -0.25) is 9.69 Å². The molecule has 1 aliphatic heterocycles. The molecule has 0 aromatic carbocycles. The highest BCUT2D eigenvalue weighted by Gasteiger charge is 2.27. The van der Waals surface area contributed by atoms with Crippen molar-refractivity contribution in [2.45, 2.75) is 19.8 Å². The van der Waals surface area contributed by atoms with Crippen molar-refractivity contribution in [2.75, 3.05) is 40.4 Å². The lowest BCUT2D eigenvalue weighted by Crippen LogP contribution is -2.51. The number of imidazole rings is 1. The summed E-state index contributed by atoms with van der Waals surface area (Å²) in [6.07, 6.45) is 3.35. The first-order valence-corrected chi connectivity index (χ1v) is 8.11. The number of hydrogen-bond acceptors (Lipinski definition) is 5. The summed E-state index contributed by atoms with van der Waals surface area (Å²) >= 11 is 0. The first-order valence-electron chi connectivity index (χ1n) is 8.11. The molecule has 0 unspecified atom stereocenters. The Hall–Kier alpha value is -1.96. The number of ether oxygens (including phenoxy) is 2. The molecule has 0 aliphatic carbocycles. The maximum Gasteiger partial charge on any atom is 0.279 e. The van der Waals surface area contributed by atoms with Gasteiger partial charge in [-0.2, -0.15) is 0 Å². The molecule has 7 nitrogen and oxygen atoms in total. The van der Waals surface area contributed by atoms with Crippen LogP contribution in [0.5, 0.6) is 0 Å². The number of amides is 1. The monoisotopic (exact) mass is 332 g/mol. The Morgan fingerprint density at radius 2 is 1.88 bits per heavy atom. The summed E-state index contributed by atoms with van der Waals surface area (Å²) in [5.74, 6) is -0.108. The lowest BCUT2D eigenvalue weighted by molar-refractivity contribution is -0.171. The van der Waals surface area contributed by atoms with Crippen LogP contribution in [0, 0.1) is 6.92 Å². The molecule has 3 heterocycles. The minimum absolute atomic E-state index is 0.108. The van der Waals surface area contributed by atoms with Crippen LogP contribution >= 0.6 is 0 Å². The number of nitrogens with zero attached hydrogens (tertiary/aromatic N) is 4. The zero-order chi connectivity index (χ0) is 17.1. The molecule has 0 N–H and O–H groups in total. The number of rotatable bonds is 5. The van der Waals surface area contributed by atoms with Crippen molar-refractivity contribution in [3.05, 3.63) is 35.8 Å². The summed E-state index contributed by atoms with van der Waals surface area (Å²) in [7, 11) is 2.96. The third-order valence-electron chi connectivity index (χ3n) is 4.35. The highest BCUT2D eigenvalue weighted by Crippen LogP contribution is 2.12. The standard InChI is InChI=1S/C17H24N4O3/c1-13-4-5-15-18-14(12-21(15)10-13)11-19-6-8-20(9-7-19)16(22)17(23-2)24-3/h4-5,10,12,17H,6-9,11H2,1-3H3. The largest absolute Gasteiger partial charge is 0.348 e. The van der Waals surface area contributed by atoms with E-state index < -0.39 is 6.29 Å². The summed E-state index contributed by atoms with van der Waals surface area (Å²) in [6.45, 7) is 5.85. The first-order chi connectivity index (χ1) is 11.6. The van der Waals surface area contributed by atoms with E-state index in [0.29, 0.717) is 13.1 Å². The van der Waals surface area contributed by atoms with E-state index >= 15 is 0 Å². The number of piperazine rings is 1. The molecule has 130 valence electrons. The van der Waals surface area contributed by atoms with Gasteiger partial charge in [-0.15, -0.1) is 0 Å². The average molecular weight is 332 g/mol. The molecule has 1 fully saturated rings. The number of pyridine rings is 1. The quantitative estimate of drug-likeness (QED) is 0.762. The molecule has 0 saturated carbocycles. The van der Waals surface area contributed by atoms with Crippen LogP contribution in [0.4, 0.5) is 0 Å². The van der Waals surface area contributed by atoms with Crippen LogP contribution in [0.25, 0.3) is 5.65 Å². The average Bonchev–Trinajstić information content (AvgIpc) is 2.97. The molecular formula is C17H24N4O3. The summed E-state index contributed by atoms with van der Waals surface area (Å²) in [5, 5.41) is 0. The van der Waals surface area contributed by atoms with Crippen LogP contribution in [-0.2, 0) is 20.8 Å². The molecule has 7 heteroatoms. The van der Waals surface area contributed by atoms with Gasteiger partial charge in [0.2, 0.25) is 6.29 Å². The minimum atomic E-state index is -0.807. The van der Waals surface area contributed by atoms with E-state index in [9.17, 15) is 4.79 Å². The number of methoxy groups -OCH3 is 2. The van der Waals surface area contributed by atoms with E-state index in [1.54, 1.807) is 4.90 Å². The fourth-order valence-electron chi connectivity index (χ4n) is 3.03. The molecule has 0 spiro atoms. The molecule has 0 atom stereocenters. The SMILES string of the molecule is COC(OC)C(=O)N1CCN(Cc2cn3cc(C)ccc3n2)CC1. The molecule has 24 heavy (non-hydrogen) atoms. The van der Waals surface area contributed by atoms with Crippen LogP contribution in [0.3, 0.4) is 0 Å². The highest BCUT2D eigenvalue weighted by molar-refractivity contribution is 5.79. The van der Waals surface area contributed by atoms with Crippen LogP contribution in [0.15, 0.2) is 24.5 Å². The third-order valence-corrected chi connectivity index (χ3v) is 4.35. The zero-order valence-electron chi connectivity index (χ0n) is 14.4. The van der Waals surface area contributed by atoms with Crippen molar-refractivity contribution >= 4 is 11.6 Å². The lowest BCUT2D eigenvalue weighted by atomic mass is 10.3. The molecule has 1 saturated heterocycles. The third kappa shape index (κ3) is 3.58. The van der Waals surface area contributed by atoms with Crippen LogP contribution in [0.1, 0.15) is 11.3 Å². The van der Waals surface area contributed by atoms with E-state index in [4.69, 9.17) is 9.47 Å². The Morgan fingerprint density at radius 1 is 1.17 bits per heavy atom. The molecular weight excluding hydrogens is 308 g/mol. The van der Waals surface area contributed by atoms with Gasteiger partial charge in [-0.25, -0.2) is 4.98 Å². The van der Waals surface area contributed by atoms with Crippen molar-refractivity contribution in [3.63, 3.8) is 0 Å². The number of aromatic nitrogens is 2. The van der Waals surface area contributed by atoms with E-state index in [-0.39, 0.29) is 5.91 Å². The molecule has 1 amide bonds. The summed E-state index contributed by atoms with van der Waals surface area (Å²) in [6, 6.07) is 4.10. The second kappa shape index (κ2) is 7.29. The Balaban J connectivity index is 1.57. The van der Waals surface area contributed by atoms with Gasteiger partial charge < -0.3 is 18.8 Å². The summed E-state index contributed by atoms with van der Waals surface area (Å²) < 4.78 is 12.1. The Bertz CT molecular complexity index is 703. The van der Waals surface area contributed by atoms with Crippen molar-refractivity contribution in [3.8, 4) is 0 Å². The molecule has 0 radical (unpaired) electrons.